The summed E-state index contributed by atoms with van der Waals surface area (Å²) in [6, 6.07) is 7.75. The number of hydrogen-bond acceptors (Lipinski definition) is 4. The fourth-order valence-corrected chi connectivity index (χ4v) is 1.23. The van der Waals surface area contributed by atoms with Crippen molar-refractivity contribution < 1.29 is 9.02 Å². The van der Waals surface area contributed by atoms with Gasteiger partial charge in [0.25, 0.3) is 0 Å². The van der Waals surface area contributed by atoms with Crippen LogP contribution in [0.3, 0.4) is 0 Å². The van der Waals surface area contributed by atoms with E-state index in [9.17, 15) is 0 Å². The Morgan fingerprint density at radius 3 is 2.33 bits per heavy atom. The largest absolute Gasteiger partial charge is 0.314 e. The number of nitrogens with one attached hydrogen (secondary N) is 1. The Morgan fingerprint density at radius 1 is 1.17 bits per heavy atom. The van der Waals surface area contributed by atoms with Crippen LogP contribution in [-0.2, 0) is 9.02 Å². The van der Waals surface area contributed by atoms with Gasteiger partial charge in [-0.1, -0.05) is 0 Å². The summed E-state index contributed by atoms with van der Waals surface area (Å²) in [5.74, 6) is 0. The molecule has 0 saturated carbocycles. The highest BCUT2D eigenvalue weighted by Crippen LogP contribution is 2.19. The molecule has 0 unspecified atom stereocenters. The molecular weight excluding hydrogens is 174 g/mol. The molecular formula is C8H11NO2S. The van der Waals surface area contributed by atoms with Gasteiger partial charge in [0.1, 0.15) is 0 Å². The Hall–Kier alpha value is -0.710. The van der Waals surface area contributed by atoms with Crippen molar-refractivity contribution in [3.8, 4) is 0 Å². The third-order valence-corrected chi connectivity index (χ3v) is 1.89. The minimum atomic E-state index is 0.929. The van der Waals surface area contributed by atoms with E-state index in [0.29, 0.717) is 0 Å². The molecule has 0 heterocycles. The van der Waals surface area contributed by atoms with Crippen molar-refractivity contribution in [3.05, 3.63) is 24.3 Å². The maximum Gasteiger partial charge on any atom is 0.0636 e. The second-order valence-corrected chi connectivity index (χ2v) is 3.05. The van der Waals surface area contributed by atoms with Crippen LogP contribution in [0, 0.1) is 0 Å². The summed E-state index contributed by atoms with van der Waals surface area (Å²) in [5.41, 5.74) is 3.66. The summed E-state index contributed by atoms with van der Waals surface area (Å²) in [5, 5.41) is 0. The standard InChI is InChI=1S/C8H11NO2S/c1-10-9-7-3-5-8(6-4-7)12-11-2/h3-6,9H,1-2H3. The quantitative estimate of drug-likeness (QED) is 0.576. The second-order valence-electron chi connectivity index (χ2n) is 2.08. The fraction of sp³-hybridized carbons (Fsp3) is 0.250. The van der Waals surface area contributed by atoms with E-state index in [1.54, 1.807) is 14.2 Å². The van der Waals surface area contributed by atoms with Gasteiger partial charge in [-0.15, -0.1) is 0 Å². The maximum absolute atomic E-state index is 4.89. The van der Waals surface area contributed by atoms with Gasteiger partial charge in [-0.05, 0) is 24.3 Å². The highest BCUT2D eigenvalue weighted by atomic mass is 32.2. The first-order chi connectivity index (χ1) is 5.86. The van der Waals surface area contributed by atoms with Crippen molar-refractivity contribution in [3.63, 3.8) is 0 Å². The molecule has 1 N–H and O–H groups in total. The number of benzene rings is 1. The number of rotatable bonds is 4. The van der Waals surface area contributed by atoms with E-state index in [4.69, 9.17) is 9.02 Å². The zero-order valence-corrected chi connectivity index (χ0v) is 7.85. The molecule has 0 radical (unpaired) electrons. The number of hydrogen-bond donors (Lipinski definition) is 1. The van der Waals surface area contributed by atoms with E-state index in [1.807, 2.05) is 24.3 Å². The molecule has 0 atom stereocenters. The summed E-state index contributed by atoms with van der Waals surface area (Å²) in [6.45, 7) is 0. The summed E-state index contributed by atoms with van der Waals surface area (Å²) in [4.78, 5) is 5.81. The van der Waals surface area contributed by atoms with Crippen LogP contribution in [0.15, 0.2) is 29.2 Å². The number of anilines is 1. The molecule has 66 valence electrons. The molecule has 0 aromatic heterocycles. The first-order valence-corrected chi connectivity index (χ1v) is 4.20. The van der Waals surface area contributed by atoms with Crippen molar-refractivity contribution in [2.45, 2.75) is 4.90 Å². The van der Waals surface area contributed by atoms with E-state index >= 15 is 0 Å². The molecule has 1 aromatic carbocycles. The van der Waals surface area contributed by atoms with Gasteiger partial charge in [-0.3, -0.25) is 10.3 Å². The van der Waals surface area contributed by atoms with Gasteiger partial charge < -0.3 is 4.18 Å². The lowest BCUT2D eigenvalue weighted by atomic mass is 10.3. The fourth-order valence-electron chi connectivity index (χ4n) is 0.793. The first-order valence-electron chi connectivity index (χ1n) is 3.46. The normalized spacial score (nSPS) is 9.83. The van der Waals surface area contributed by atoms with Crippen LogP contribution in [0.5, 0.6) is 0 Å². The van der Waals surface area contributed by atoms with Crippen LogP contribution in [0.4, 0.5) is 5.69 Å². The summed E-state index contributed by atoms with van der Waals surface area (Å²) >= 11 is 1.33. The Kier molecular flexibility index (Phi) is 3.93. The molecule has 1 rings (SSSR count). The molecule has 3 nitrogen and oxygen atoms in total. The molecule has 0 saturated heterocycles. The van der Waals surface area contributed by atoms with E-state index in [-0.39, 0.29) is 0 Å². The Morgan fingerprint density at radius 2 is 1.83 bits per heavy atom. The topological polar surface area (TPSA) is 30.5 Å². The third-order valence-electron chi connectivity index (χ3n) is 1.25. The Labute approximate surface area is 76.2 Å². The van der Waals surface area contributed by atoms with E-state index in [1.165, 1.54) is 12.0 Å². The minimum Gasteiger partial charge on any atom is -0.314 e. The minimum absolute atomic E-state index is 0.929. The van der Waals surface area contributed by atoms with Gasteiger partial charge in [0.2, 0.25) is 0 Å². The van der Waals surface area contributed by atoms with Crippen LogP contribution in [0.1, 0.15) is 0 Å². The summed E-state index contributed by atoms with van der Waals surface area (Å²) < 4.78 is 4.89. The molecule has 0 fully saturated rings. The lowest BCUT2D eigenvalue weighted by Crippen LogP contribution is -1.94. The molecule has 4 heteroatoms. The molecule has 0 amide bonds. The molecule has 0 aliphatic heterocycles. The monoisotopic (exact) mass is 185 g/mol. The first kappa shape index (κ1) is 9.38. The average molecular weight is 185 g/mol. The van der Waals surface area contributed by atoms with Gasteiger partial charge in [-0.25, -0.2) is 0 Å². The molecule has 0 aliphatic rings. The predicted octanol–water partition coefficient (Wildman–Crippen LogP) is 2.31. The van der Waals surface area contributed by atoms with Crippen molar-refractivity contribution in [1.82, 2.24) is 0 Å². The summed E-state index contributed by atoms with van der Waals surface area (Å²) in [7, 11) is 3.23. The zero-order valence-electron chi connectivity index (χ0n) is 7.03. The molecule has 1 aromatic rings. The molecule has 12 heavy (non-hydrogen) atoms. The van der Waals surface area contributed by atoms with Gasteiger partial charge in [-0.2, -0.15) is 0 Å². The highest BCUT2D eigenvalue weighted by molar-refractivity contribution is 7.94. The SMILES string of the molecule is CONc1ccc(SOC)cc1. The van der Waals surface area contributed by atoms with Crippen LogP contribution in [0.25, 0.3) is 0 Å². The van der Waals surface area contributed by atoms with Gasteiger partial charge >= 0.3 is 0 Å². The Bertz CT molecular complexity index is 200. The van der Waals surface area contributed by atoms with Crippen LogP contribution >= 0.6 is 12.0 Å². The smallest absolute Gasteiger partial charge is 0.0636 e. The predicted molar refractivity (Wildman–Crippen MR) is 49.9 cm³/mol. The summed E-state index contributed by atoms with van der Waals surface area (Å²) in [6.07, 6.45) is 0. The average Bonchev–Trinajstić information content (AvgIpc) is 2.09. The van der Waals surface area contributed by atoms with E-state index in [2.05, 4.69) is 5.48 Å². The van der Waals surface area contributed by atoms with Gasteiger partial charge in [0, 0.05) is 16.9 Å². The maximum atomic E-state index is 4.89. The van der Waals surface area contributed by atoms with E-state index < -0.39 is 0 Å². The zero-order chi connectivity index (χ0) is 8.81. The Balaban J connectivity index is 2.58. The molecule has 0 spiro atoms. The molecule has 0 bridgehead atoms. The van der Waals surface area contributed by atoms with Crippen molar-refractivity contribution in [2.75, 3.05) is 19.7 Å². The van der Waals surface area contributed by atoms with Crippen molar-refractivity contribution in [1.29, 1.82) is 0 Å². The second kappa shape index (κ2) is 5.03. The van der Waals surface area contributed by atoms with Crippen LogP contribution < -0.4 is 5.48 Å². The van der Waals surface area contributed by atoms with Gasteiger partial charge in [0.15, 0.2) is 0 Å². The van der Waals surface area contributed by atoms with Gasteiger partial charge in [0.05, 0.1) is 19.9 Å². The van der Waals surface area contributed by atoms with Crippen molar-refractivity contribution >= 4 is 17.7 Å². The third kappa shape index (κ3) is 2.73. The van der Waals surface area contributed by atoms with Crippen LogP contribution in [-0.4, -0.2) is 14.2 Å². The van der Waals surface area contributed by atoms with Crippen LogP contribution in [0.2, 0.25) is 0 Å². The molecule has 0 aliphatic carbocycles. The van der Waals surface area contributed by atoms with E-state index in [0.717, 1.165) is 10.6 Å². The lowest BCUT2D eigenvalue weighted by molar-refractivity contribution is 0.271. The van der Waals surface area contributed by atoms with Crippen molar-refractivity contribution in [2.24, 2.45) is 0 Å². The lowest BCUT2D eigenvalue weighted by Gasteiger charge is -2.02. The highest BCUT2D eigenvalue weighted by Gasteiger charge is 1.93.